The molecule has 0 aliphatic rings. The number of nitrogens with zero attached hydrogens (tertiary/aromatic N) is 2. The molecule has 0 saturated carbocycles. The van der Waals surface area contributed by atoms with Crippen LogP contribution in [0.4, 0.5) is 16.3 Å². The Hall–Kier alpha value is -4.06. The van der Waals surface area contributed by atoms with E-state index >= 15 is 0 Å². The molecule has 0 spiro atoms. The van der Waals surface area contributed by atoms with Crippen molar-refractivity contribution in [2.75, 3.05) is 11.1 Å². The van der Waals surface area contributed by atoms with Gasteiger partial charge in [-0.3, -0.25) is 0 Å². The molecule has 30 heavy (non-hydrogen) atoms. The van der Waals surface area contributed by atoms with Gasteiger partial charge in [-0.2, -0.15) is 5.10 Å². The largest absolute Gasteiger partial charge is 0.382 e. The number of carbonyl (C=O) groups excluding carboxylic acids is 1. The van der Waals surface area contributed by atoms with Crippen molar-refractivity contribution in [2.45, 2.75) is 13.0 Å². The first-order valence-corrected chi connectivity index (χ1v) is 9.75. The number of hydrogen-bond donors (Lipinski definition) is 3. The summed E-state index contributed by atoms with van der Waals surface area (Å²) in [6.45, 7) is 1.93. The predicted octanol–water partition coefficient (Wildman–Crippen LogP) is 5.00. The molecule has 1 aromatic heterocycles. The first kappa shape index (κ1) is 19.3. The minimum absolute atomic E-state index is 0.156. The maximum Gasteiger partial charge on any atom is 0.319 e. The monoisotopic (exact) mass is 397 g/mol. The van der Waals surface area contributed by atoms with Crippen LogP contribution < -0.4 is 16.4 Å². The molecule has 6 heteroatoms. The fraction of sp³-hybridized carbons (Fsp3) is 0.0833. The zero-order valence-corrected chi connectivity index (χ0v) is 16.6. The Labute approximate surface area is 175 Å². The third-order valence-corrected chi connectivity index (χ3v) is 4.85. The van der Waals surface area contributed by atoms with Crippen LogP contribution in [0.15, 0.2) is 91.0 Å². The highest BCUT2D eigenvalue weighted by Crippen LogP contribution is 2.34. The molecule has 4 aromatic rings. The number of rotatable bonds is 5. The summed E-state index contributed by atoms with van der Waals surface area (Å²) in [7, 11) is 0. The molecule has 6 nitrogen and oxygen atoms in total. The van der Waals surface area contributed by atoms with Crippen LogP contribution in [0.1, 0.15) is 18.5 Å². The lowest BCUT2D eigenvalue weighted by atomic mass is 10.1. The number of nitrogens with two attached hydrogens (primary N) is 1. The molecule has 0 aliphatic heterocycles. The second-order valence-electron chi connectivity index (χ2n) is 6.95. The highest BCUT2D eigenvalue weighted by Gasteiger charge is 2.21. The lowest BCUT2D eigenvalue weighted by Crippen LogP contribution is -2.31. The molecule has 1 heterocycles. The third-order valence-electron chi connectivity index (χ3n) is 4.85. The van der Waals surface area contributed by atoms with Gasteiger partial charge in [-0.1, -0.05) is 78.9 Å². The molecule has 0 aliphatic carbocycles. The van der Waals surface area contributed by atoms with Crippen molar-refractivity contribution in [1.29, 1.82) is 0 Å². The summed E-state index contributed by atoms with van der Waals surface area (Å²) in [5.41, 5.74) is 10.2. The molecule has 0 radical (unpaired) electrons. The molecule has 4 rings (SSSR count). The maximum absolute atomic E-state index is 12.8. The van der Waals surface area contributed by atoms with Crippen LogP contribution in [0.25, 0.3) is 16.9 Å². The van der Waals surface area contributed by atoms with Gasteiger partial charge in [0.1, 0.15) is 11.4 Å². The number of benzene rings is 3. The Morgan fingerprint density at radius 1 is 0.900 bits per heavy atom. The number of carbonyl (C=O) groups is 1. The van der Waals surface area contributed by atoms with E-state index in [0.717, 1.165) is 16.8 Å². The zero-order valence-electron chi connectivity index (χ0n) is 16.6. The lowest BCUT2D eigenvalue weighted by Gasteiger charge is -2.15. The van der Waals surface area contributed by atoms with Gasteiger partial charge in [0.25, 0.3) is 0 Å². The second-order valence-corrected chi connectivity index (χ2v) is 6.95. The molecular weight excluding hydrogens is 374 g/mol. The first-order chi connectivity index (χ1) is 14.6. The van der Waals surface area contributed by atoms with Crippen LogP contribution in [0.3, 0.4) is 0 Å². The molecule has 3 aromatic carbocycles. The van der Waals surface area contributed by atoms with Crippen LogP contribution in [-0.2, 0) is 0 Å². The van der Waals surface area contributed by atoms with Gasteiger partial charge < -0.3 is 16.4 Å². The molecule has 150 valence electrons. The van der Waals surface area contributed by atoms with E-state index in [-0.39, 0.29) is 12.1 Å². The van der Waals surface area contributed by atoms with Crippen molar-refractivity contribution in [2.24, 2.45) is 0 Å². The average Bonchev–Trinajstić information content (AvgIpc) is 3.11. The van der Waals surface area contributed by atoms with Crippen molar-refractivity contribution in [1.82, 2.24) is 15.1 Å². The van der Waals surface area contributed by atoms with E-state index < -0.39 is 0 Å². The summed E-state index contributed by atoms with van der Waals surface area (Å²) in [4.78, 5) is 12.8. The number of urea groups is 1. The van der Waals surface area contributed by atoms with Gasteiger partial charge in [-0.05, 0) is 24.6 Å². The number of hydrogen-bond acceptors (Lipinski definition) is 3. The minimum Gasteiger partial charge on any atom is -0.382 e. The standard InChI is InChI=1S/C24H23N5O/c1-17(18-11-5-2-6-12-18)26-24(30)27-22-21(19-13-7-3-8-14-19)28-29(23(22)25)20-15-9-4-10-16-20/h2-17H,25H2,1H3,(H2,26,27,30). The van der Waals surface area contributed by atoms with Crippen LogP contribution in [-0.4, -0.2) is 15.8 Å². The fourth-order valence-corrected chi connectivity index (χ4v) is 3.29. The smallest absolute Gasteiger partial charge is 0.319 e. The Kier molecular flexibility index (Phi) is 5.48. The maximum atomic E-state index is 12.8. The van der Waals surface area contributed by atoms with E-state index in [0.29, 0.717) is 17.2 Å². The summed E-state index contributed by atoms with van der Waals surface area (Å²) in [6, 6.07) is 28.5. The molecule has 0 saturated heterocycles. The predicted molar refractivity (Wildman–Crippen MR) is 120 cm³/mol. The molecule has 1 unspecified atom stereocenters. The summed E-state index contributed by atoms with van der Waals surface area (Å²) >= 11 is 0. The Morgan fingerprint density at radius 2 is 1.47 bits per heavy atom. The third kappa shape index (κ3) is 4.03. The number of para-hydroxylation sites is 1. The van der Waals surface area contributed by atoms with Crippen molar-refractivity contribution in [3.63, 3.8) is 0 Å². The van der Waals surface area contributed by atoms with Crippen molar-refractivity contribution >= 4 is 17.5 Å². The Morgan fingerprint density at radius 3 is 2.10 bits per heavy atom. The van der Waals surface area contributed by atoms with Gasteiger partial charge in [-0.25, -0.2) is 9.48 Å². The summed E-state index contributed by atoms with van der Waals surface area (Å²) in [6.07, 6.45) is 0. The van der Waals surface area contributed by atoms with Gasteiger partial charge in [0, 0.05) is 5.56 Å². The van der Waals surface area contributed by atoms with E-state index in [9.17, 15) is 4.79 Å². The van der Waals surface area contributed by atoms with Crippen LogP contribution in [0.2, 0.25) is 0 Å². The average molecular weight is 397 g/mol. The van der Waals surface area contributed by atoms with Gasteiger partial charge in [0.05, 0.1) is 11.7 Å². The van der Waals surface area contributed by atoms with Gasteiger partial charge >= 0.3 is 6.03 Å². The molecule has 0 bridgehead atoms. The zero-order chi connectivity index (χ0) is 20.9. The number of amides is 2. The van der Waals surface area contributed by atoms with E-state index in [4.69, 9.17) is 5.73 Å². The van der Waals surface area contributed by atoms with Gasteiger partial charge in [0.2, 0.25) is 0 Å². The first-order valence-electron chi connectivity index (χ1n) is 9.75. The van der Waals surface area contributed by atoms with Crippen LogP contribution >= 0.6 is 0 Å². The molecular formula is C24H23N5O. The van der Waals surface area contributed by atoms with Gasteiger partial charge in [-0.15, -0.1) is 0 Å². The SMILES string of the molecule is CC(NC(=O)Nc1c(-c2ccccc2)nn(-c2ccccc2)c1N)c1ccccc1. The number of aromatic nitrogens is 2. The van der Waals surface area contributed by atoms with Crippen LogP contribution in [0, 0.1) is 0 Å². The number of nitrogen functional groups attached to an aromatic ring is 1. The molecule has 4 N–H and O–H groups in total. The van der Waals surface area contributed by atoms with Crippen molar-refractivity contribution in [3.05, 3.63) is 96.6 Å². The van der Waals surface area contributed by atoms with E-state index in [1.807, 2.05) is 97.9 Å². The van der Waals surface area contributed by atoms with Crippen molar-refractivity contribution < 1.29 is 4.79 Å². The second kappa shape index (κ2) is 8.53. The minimum atomic E-state index is -0.345. The highest BCUT2D eigenvalue weighted by molar-refractivity contribution is 5.98. The topological polar surface area (TPSA) is 85.0 Å². The lowest BCUT2D eigenvalue weighted by molar-refractivity contribution is 0.249. The normalized spacial score (nSPS) is 11.6. The summed E-state index contributed by atoms with van der Waals surface area (Å²) < 4.78 is 1.64. The fourth-order valence-electron chi connectivity index (χ4n) is 3.29. The van der Waals surface area contributed by atoms with E-state index in [1.54, 1.807) is 4.68 Å². The molecule has 0 fully saturated rings. The number of anilines is 2. The van der Waals surface area contributed by atoms with Gasteiger partial charge in [0.15, 0.2) is 5.82 Å². The molecule has 2 amide bonds. The van der Waals surface area contributed by atoms with Crippen molar-refractivity contribution in [3.8, 4) is 16.9 Å². The summed E-state index contributed by atoms with van der Waals surface area (Å²) in [5.74, 6) is 0.363. The van der Waals surface area contributed by atoms with E-state index in [2.05, 4.69) is 15.7 Å². The highest BCUT2D eigenvalue weighted by atomic mass is 16.2. The molecule has 1 atom stereocenters. The number of nitrogens with one attached hydrogen (secondary N) is 2. The van der Waals surface area contributed by atoms with E-state index in [1.165, 1.54) is 0 Å². The van der Waals surface area contributed by atoms with Crippen LogP contribution in [0.5, 0.6) is 0 Å². The Balaban J connectivity index is 1.66. The summed E-state index contributed by atoms with van der Waals surface area (Å²) in [5, 5.41) is 10.6. The Bertz CT molecular complexity index is 1120. The quantitative estimate of drug-likeness (QED) is 0.443.